The van der Waals surface area contributed by atoms with Gasteiger partial charge in [-0.15, -0.1) is 0 Å². The zero-order valence-corrected chi connectivity index (χ0v) is 15.9. The summed E-state index contributed by atoms with van der Waals surface area (Å²) in [7, 11) is 0. The van der Waals surface area contributed by atoms with Crippen molar-refractivity contribution in [2.45, 2.75) is 32.7 Å². The molecule has 0 spiro atoms. The summed E-state index contributed by atoms with van der Waals surface area (Å²) in [5.74, 6) is 0.769. The second kappa shape index (κ2) is 7.84. The molecule has 1 aromatic heterocycles. The largest absolute Gasteiger partial charge is 0.507 e. The molecule has 5 heteroatoms. The monoisotopic (exact) mass is 367 g/mol. The first-order chi connectivity index (χ1) is 12.9. The van der Waals surface area contributed by atoms with Crippen LogP contribution in [0.15, 0.2) is 57.7 Å². The summed E-state index contributed by atoms with van der Waals surface area (Å²) in [6.45, 7) is 7.72. The number of hydrogen-bond acceptors (Lipinski definition) is 5. The standard InChI is InChI=1S/C22H25NO4/c1-22(2,3)15-8-10-16(11-9-15)26-13-12-23-14-18-20(24)17-6-4-5-7-19(17)27-21(18)25/h4-11,23-24H,12-14H2,1-3H3. The molecule has 0 aliphatic heterocycles. The zero-order chi connectivity index (χ0) is 19.4. The molecule has 0 bridgehead atoms. The van der Waals surface area contributed by atoms with Gasteiger partial charge in [0.05, 0.1) is 10.9 Å². The third-order valence-corrected chi connectivity index (χ3v) is 4.45. The number of para-hydroxylation sites is 1. The summed E-state index contributed by atoms with van der Waals surface area (Å²) >= 11 is 0. The fourth-order valence-corrected chi connectivity index (χ4v) is 2.83. The lowest BCUT2D eigenvalue weighted by Crippen LogP contribution is -2.24. The highest BCUT2D eigenvalue weighted by Gasteiger charge is 2.14. The molecular weight excluding hydrogens is 342 g/mol. The highest BCUT2D eigenvalue weighted by atomic mass is 16.5. The molecule has 0 aliphatic carbocycles. The third kappa shape index (κ3) is 4.49. The average Bonchev–Trinajstić information content (AvgIpc) is 2.63. The Labute approximate surface area is 158 Å². The van der Waals surface area contributed by atoms with Gasteiger partial charge < -0.3 is 19.6 Å². The van der Waals surface area contributed by atoms with E-state index < -0.39 is 5.63 Å². The van der Waals surface area contributed by atoms with Crippen LogP contribution in [-0.2, 0) is 12.0 Å². The first-order valence-corrected chi connectivity index (χ1v) is 9.04. The van der Waals surface area contributed by atoms with Gasteiger partial charge in [-0.25, -0.2) is 4.79 Å². The van der Waals surface area contributed by atoms with Crippen LogP contribution in [-0.4, -0.2) is 18.3 Å². The van der Waals surface area contributed by atoms with E-state index in [0.29, 0.717) is 24.1 Å². The highest BCUT2D eigenvalue weighted by Crippen LogP contribution is 2.26. The number of benzene rings is 2. The van der Waals surface area contributed by atoms with E-state index in [-0.39, 0.29) is 23.3 Å². The molecule has 1 heterocycles. The zero-order valence-electron chi connectivity index (χ0n) is 15.9. The van der Waals surface area contributed by atoms with Crippen LogP contribution in [0.1, 0.15) is 31.9 Å². The maximum absolute atomic E-state index is 12.1. The Morgan fingerprint density at radius 1 is 1.07 bits per heavy atom. The first-order valence-electron chi connectivity index (χ1n) is 9.04. The molecule has 2 aromatic carbocycles. The van der Waals surface area contributed by atoms with Crippen LogP contribution in [0.3, 0.4) is 0 Å². The lowest BCUT2D eigenvalue weighted by molar-refractivity contribution is 0.312. The van der Waals surface area contributed by atoms with E-state index in [4.69, 9.17) is 9.15 Å². The van der Waals surface area contributed by atoms with Crippen LogP contribution < -0.4 is 15.7 Å². The number of nitrogens with one attached hydrogen (secondary N) is 1. The minimum atomic E-state index is -0.530. The molecule has 0 saturated carbocycles. The van der Waals surface area contributed by atoms with Crippen molar-refractivity contribution in [2.24, 2.45) is 0 Å². The van der Waals surface area contributed by atoms with Gasteiger partial charge in [0.25, 0.3) is 0 Å². The van der Waals surface area contributed by atoms with Crippen molar-refractivity contribution in [3.05, 3.63) is 70.1 Å². The van der Waals surface area contributed by atoms with Crippen LogP contribution in [0, 0.1) is 0 Å². The normalized spacial score (nSPS) is 11.7. The van der Waals surface area contributed by atoms with Crippen LogP contribution >= 0.6 is 0 Å². The van der Waals surface area contributed by atoms with Crippen molar-refractivity contribution >= 4 is 11.0 Å². The maximum Gasteiger partial charge on any atom is 0.344 e. The molecular formula is C22H25NO4. The van der Waals surface area contributed by atoms with Crippen molar-refractivity contribution in [3.63, 3.8) is 0 Å². The maximum atomic E-state index is 12.1. The quantitative estimate of drug-likeness (QED) is 0.510. The Hall–Kier alpha value is -2.79. The summed E-state index contributed by atoms with van der Waals surface area (Å²) in [6.07, 6.45) is 0. The third-order valence-electron chi connectivity index (χ3n) is 4.45. The van der Waals surface area contributed by atoms with Crippen molar-refractivity contribution in [3.8, 4) is 11.5 Å². The van der Waals surface area contributed by atoms with Crippen LogP contribution in [0.4, 0.5) is 0 Å². The van der Waals surface area contributed by atoms with Crippen LogP contribution in [0.2, 0.25) is 0 Å². The Balaban J connectivity index is 1.54. The van der Waals surface area contributed by atoms with E-state index in [1.165, 1.54) is 5.56 Å². The van der Waals surface area contributed by atoms with Crippen LogP contribution in [0.5, 0.6) is 11.5 Å². The number of hydrogen-bond donors (Lipinski definition) is 2. The Morgan fingerprint density at radius 3 is 2.48 bits per heavy atom. The van der Waals surface area contributed by atoms with E-state index in [9.17, 15) is 9.90 Å². The average molecular weight is 367 g/mol. The number of aromatic hydroxyl groups is 1. The molecule has 0 radical (unpaired) electrons. The van der Waals surface area contributed by atoms with Crippen molar-refractivity contribution in [1.29, 1.82) is 0 Å². The SMILES string of the molecule is CC(C)(C)c1ccc(OCCNCc2c(O)c3ccccc3oc2=O)cc1. The molecule has 0 aliphatic rings. The van der Waals surface area contributed by atoms with Crippen molar-refractivity contribution < 1.29 is 14.3 Å². The van der Waals surface area contributed by atoms with Gasteiger partial charge in [0, 0.05) is 13.1 Å². The first kappa shape index (κ1) is 19.0. The van der Waals surface area contributed by atoms with E-state index in [2.05, 4.69) is 38.2 Å². The van der Waals surface area contributed by atoms with Gasteiger partial charge in [-0.2, -0.15) is 0 Å². The molecule has 0 atom stereocenters. The second-order valence-corrected chi connectivity index (χ2v) is 7.51. The summed E-state index contributed by atoms with van der Waals surface area (Å²) < 4.78 is 11.0. The molecule has 3 rings (SSSR count). The fourth-order valence-electron chi connectivity index (χ4n) is 2.83. The summed E-state index contributed by atoms with van der Waals surface area (Å²) in [5.41, 5.74) is 1.45. The van der Waals surface area contributed by atoms with Gasteiger partial charge in [0.15, 0.2) is 0 Å². The molecule has 5 nitrogen and oxygen atoms in total. The summed E-state index contributed by atoms with van der Waals surface area (Å²) in [6, 6.07) is 15.0. The molecule has 142 valence electrons. The van der Waals surface area contributed by atoms with Gasteiger partial charge in [0.2, 0.25) is 0 Å². The molecule has 3 aromatic rings. The molecule has 27 heavy (non-hydrogen) atoms. The Kier molecular flexibility index (Phi) is 5.51. The summed E-state index contributed by atoms with van der Waals surface area (Å²) in [5, 5.41) is 14.0. The molecule has 0 amide bonds. The van der Waals surface area contributed by atoms with Crippen molar-refractivity contribution in [2.75, 3.05) is 13.2 Å². The molecule has 0 saturated heterocycles. The number of rotatable bonds is 6. The van der Waals surface area contributed by atoms with Crippen molar-refractivity contribution in [1.82, 2.24) is 5.32 Å². The van der Waals surface area contributed by atoms with E-state index in [1.807, 2.05) is 12.1 Å². The number of ether oxygens (including phenoxy) is 1. The highest BCUT2D eigenvalue weighted by molar-refractivity contribution is 5.83. The van der Waals surface area contributed by atoms with Gasteiger partial charge in [-0.3, -0.25) is 0 Å². The van der Waals surface area contributed by atoms with Crippen LogP contribution in [0.25, 0.3) is 11.0 Å². The topological polar surface area (TPSA) is 71.7 Å². The fraction of sp³-hybridized carbons (Fsp3) is 0.318. The Bertz CT molecular complexity index is 968. The predicted octanol–water partition coefficient (Wildman–Crippen LogP) is 3.96. The van der Waals surface area contributed by atoms with E-state index in [0.717, 1.165) is 5.75 Å². The molecule has 0 fully saturated rings. The smallest absolute Gasteiger partial charge is 0.344 e. The lowest BCUT2D eigenvalue weighted by atomic mass is 9.87. The van der Waals surface area contributed by atoms with E-state index in [1.54, 1.807) is 24.3 Å². The lowest BCUT2D eigenvalue weighted by Gasteiger charge is -2.19. The molecule has 2 N–H and O–H groups in total. The predicted molar refractivity (Wildman–Crippen MR) is 106 cm³/mol. The van der Waals surface area contributed by atoms with Gasteiger partial charge in [0.1, 0.15) is 23.7 Å². The molecule has 0 unspecified atom stereocenters. The number of fused-ring (bicyclic) bond motifs is 1. The Morgan fingerprint density at radius 2 is 1.78 bits per heavy atom. The van der Waals surface area contributed by atoms with Gasteiger partial charge in [-0.1, -0.05) is 45.0 Å². The van der Waals surface area contributed by atoms with Gasteiger partial charge in [-0.05, 0) is 35.2 Å². The summed E-state index contributed by atoms with van der Waals surface area (Å²) in [4.78, 5) is 12.1. The second-order valence-electron chi connectivity index (χ2n) is 7.51. The van der Waals surface area contributed by atoms with E-state index >= 15 is 0 Å². The minimum absolute atomic E-state index is 0.0342. The van der Waals surface area contributed by atoms with Gasteiger partial charge >= 0.3 is 5.63 Å². The minimum Gasteiger partial charge on any atom is -0.507 e.